The summed E-state index contributed by atoms with van der Waals surface area (Å²) in [4.78, 5) is 0. The van der Waals surface area contributed by atoms with Crippen molar-refractivity contribution in [3.63, 3.8) is 0 Å². The molecule has 2 aromatic rings. The number of benzene rings is 2. The molecule has 0 bridgehead atoms. The van der Waals surface area contributed by atoms with Gasteiger partial charge in [0.15, 0.2) is 0 Å². The second-order valence-corrected chi connectivity index (χ2v) is 4.73. The van der Waals surface area contributed by atoms with Crippen molar-refractivity contribution in [3.8, 4) is 11.8 Å². The van der Waals surface area contributed by atoms with Crippen molar-refractivity contribution in [2.75, 3.05) is 13.2 Å². The van der Waals surface area contributed by atoms with Gasteiger partial charge in [-0.1, -0.05) is 48.2 Å². The molecule has 0 aliphatic rings. The first-order valence-electron chi connectivity index (χ1n) is 7.40. The third-order valence-corrected chi connectivity index (χ3v) is 3.09. The standard InChI is InChI=1S/C20H19FO/c1-2-22-16-6-9-18(19-12-14-20(21)15-13-19)11-10-17-7-4-3-5-8-17/h3-5,7-9,12-15H,2,6,16H2,1H3/b18-9+. The molecule has 0 unspecified atom stereocenters. The van der Waals surface area contributed by atoms with E-state index >= 15 is 0 Å². The van der Waals surface area contributed by atoms with Gasteiger partial charge in [0.2, 0.25) is 0 Å². The molecule has 1 nitrogen and oxygen atoms in total. The van der Waals surface area contributed by atoms with Gasteiger partial charge in [-0.2, -0.15) is 0 Å². The van der Waals surface area contributed by atoms with Gasteiger partial charge in [0.05, 0.1) is 6.61 Å². The van der Waals surface area contributed by atoms with Crippen molar-refractivity contribution in [1.29, 1.82) is 0 Å². The third-order valence-electron chi connectivity index (χ3n) is 3.09. The molecule has 0 fully saturated rings. The molecule has 0 aromatic heterocycles. The molecule has 0 radical (unpaired) electrons. The highest BCUT2D eigenvalue weighted by Gasteiger charge is 1.99. The minimum absolute atomic E-state index is 0.242. The molecular formula is C20H19FO. The minimum Gasteiger partial charge on any atom is -0.381 e. The predicted molar refractivity (Wildman–Crippen MR) is 88.8 cm³/mol. The molecule has 2 aromatic carbocycles. The van der Waals surface area contributed by atoms with Gasteiger partial charge in [-0.05, 0) is 43.2 Å². The van der Waals surface area contributed by atoms with E-state index in [1.54, 1.807) is 12.1 Å². The van der Waals surface area contributed by atoms with Gasteiger partial charge in [-0.25, -0.2) is 4.39 Å². The highest BCUT2D eigenvalue weighted by atomic mass is 19.1. The van der Waals surface area contributed by atoms with Gasteiger partial charge < -0.3 is 4.74 Å². The summed E-state index contributed by atoms with van der Waals surface area (Å²) in [7, 11) is 0. The van der Waals surface area contributed by atoms with Crippen LogP contribution in [-0.4, -0.2) is 13.2 Å². The highest BCUT2D eigenvalue weighted by molar-refractivity contribution is 5.79. The fraction of sp³-hybridized carbons (Fsp3) is 0.200. The van der Waals surface area contributed by atoms with E-state index in [4.69, 9.17) is 4.74 Å². The molecule has 0 aliphatic carbocycles. The lowest BCUT2D eigenvalue weighted by Gasteiger charge is -2.02. The van der Waals surface area contributed by atoms with E-state index in [0.29, 0.717) is 13.2 Å². The Morgan fingerprint density at radius 1 is 1.09 bits per heavy atom. The molecule has 0 saturated heterocycles. The van der Waals surface area contributed by atoms with Crippen LogP contribution >= 0.6 is 0 Å². The fourth-order valence-corrected chi connectivity index (χ4v) is 1.96. The molecule has 0 spiro atoms. The summed E-state index contributed by atoms with van der Waals surface area (Å²) in [5.74, 6) is 6.09. The summed E-state index contributed by atoms with van der Waals surface area (Å²) in [6, 6.07) is 16.2. The average Bonchev–Trinajstić information content (AvgIpc) is 2.56. The maximum atomic E-state index is 13.1. The number of halogens is 1. The Labute approximate surface area is 131 Å². The monoisotopic (exact) mass is 294 g/mol. The zero-order valence-electron chi connectivity index (χ0n) is 12.7. The molecule has 112 valence electrons. The van der Waals surface area contributed by atoms with Gasteiger partial charge in [0.1, 0.15) is 5.82 Å². The number of allylic oxidation sites excluding steroid dienone is 1. The van der Waals surface area contributed by atoms with E-state index in [-0.39, 0.29) is 5.82 Å². The Morgan fingerprint density at radius 2 is 1.82 bits per heavy atom. The molecule has 2 rings (SSSR count). The molecule has 0 heterocycles. The smallest absolute Gasteiger partial charge is 0.123 e. The van der Waals surface area contributed by atoms with Crippen LogP contribution in [0.25, 0.3) is 5.57 Å². The predicted octanol–water partition coefficient (Wildman–Crippen LogP) is 4.69. The van der Waals surface area contributed by atoms with Gasteiger partial charge in [-0.3, -0.25) is 0 Å². The van der Waals surface area contributed by atoms with Crippen LogP contribution in [0.3, 0.4) is 0 Å². The Balaban J connectivity index is 2.22. The molecule has 2 heteroatoms. The maximum absolute atomic E-state index is 13.1. The largest absolute Gasteiger partial charge is 0.381 e. The van der Waals surface area contributed by atoms with Crippen LogP contribution in [0.4, 0.5) is 4.39 Å². The topological polar surface area (TPSA) is 9.23 Å². The minimum atomic E-state index is -0.242. The highest BCUT2D eigenvalue weighted by Crippen LogP contribution is 2.15. The van der Waals surface area contributed by atoms with E-state index in [2.05, 4.69) is 11.8 Å². The van der Waals surface area contributed by atoms with Crippen molar-refractivity contribution < 1.29 is 9.13 Å². The number of hydrogen-bond acceptors (Lipinski definition) is 1. The first-order valence-corrected chi connectivity index (χ1v) is 7.40. The third kappa shape index (κ3) is 5.20. The van der Waals surface area contributed by atoms with E-state index in [1.165, 1.54) is 12.1 Å². The first kappa shape index (κ1) is 16.0. The van der Waals surface area contributed by atoms with E-state index in [1.807, 2.05) is 43.3 Å². The normalized spacial score (nSPS) is 10.9. The Kier molecular flexibility index (Phi) is 6.41. The summed E-state index contributed by atoms with van der Waals surface area (Å²) in [5.41, 5.74) is 2.77. The molecule has 0 N–H and O–H groups in total. The van der Waals surface area contributed by atoms with Gasteiger partial charge in [0, 0.05) is 17.7 Å². The molecule has 0 aliphatic heterocycles. The van der Waals surface area contributed by atoms with E-state index < -0.39 is 0 Å². The Bertz CT molecular complexity index is 660. The Morgan fingerprint density at radius 3 is 2.50 bits per heavy atom. The van der Waals surface area contributed by atoms with Crippen LogP contribution in [0.2, 0.25) is 0 Å². The van der Waals surface area contributed by atoms with E-state index in [9.17, 15) is 4.39 Å². The lowest BCUT2D eigenvalue weighted by atomic mass is 10.0. The lowest BCUT2D eigenvalue weighted by molar-refractivity contribution is 0.152. The van der Waals surface area contributed by atoms with Crippen molar-refractivity contribution in [3.05, 3.63) is 77.6 Å². The van der Waals surface area contributed by atoms with Crippen LogP contribution in [0.5, 0.6) is 0 Å². The summed E-state index contributed by atoms with van der Waals surface area (Å²) < 4.78 is 18.4. The SMILES string of the molecule is CCOCC/C=C(\C#Cc1ccccc1)c1ccc(F)cc1. The van der Waals surface area contributed by atoms with Crippen molar-refractivity contribution in [2.45, 2.75) is 13.3 Å². The lowest BCUT2D eigenvalue weighted by Crippen LogP contribution is -1.92. The van der Waals surface area contributed by atoms with Gasteiger partial charge in [0.25, 0.3) is 0 Å². The fourth-order valence-electron chi connectivity index (χ4n) is 1.96. The summed E-state index contributed by atoms with van der Waals surface area (Å²) in [6.45, 7) is 3.34. The van der Waals surface area contributed by atoms with Crippen LogP contribution in [-0.2, 0) is 4.74 Å². The van der Waals surface area contributed by atoms with Crippen molar-refractivity contribution >= 4 is 5.57 Å². The summed E-state index contributed by atoms with van der Waals surface area (Å²) in [6.07, 6.45) is 2.82. The summed E-state index contributed by atoms with van der Waals surface area (Å²) in [5, 5.41) is 0. The summed E-state index contributed by atoms with van der Waals surface area (Å²) >= 11 is 0. The quantitative estimate of drug-likeness (QED) is 0.574. The average molecular weight is 294 g/mol. The zero-order chi connectivity index (χ0) is 15.6. The van der Waals surface area contributed by atoms with Crippen LogP contribution in [0.15, 0.2) is 60.7 Å². The van der Waals surface area contributed by atoms with Gasteiger partial charge >= 0.3 is 0 Å². The second-order valence-electron chi connectivity index (χ2n) is 4.73. The molecule has 0 saturated carbocycles. The maximum Gasteiger partial charge on any atom is 0.123 e. The zero-order valence-corrected chi connectivity index (χ0v) is 12.7. The van der Waals surface area contributed by atoms with E-state index in [0.717, 1.165) is 23.1 Å². The van der Waals surface area contributed by atoms with Crippen LogP contribution < -0.4 is 0 Å². The van der Waals surface area contributed by atoms with Crippen LogP contribution in [0, 0.1) is 17.7 Å². The van der Waals surface area contributed by atoms with Crippen molar-refractivity contribution in [2.24, 2.45) is 0 Å². The molecular weight excluding hydrogens is 275 g/mol. The number of ether oxygens (including phenoxy) is 1. The number of rotatable bonds is 5. The molecule has 0 amide bonds. The Hall–Kier alpha value is -2.37. The second kappa shape index (κ2) is 8.81. The number of hydrogen-bond donors (Lipinski definition) is 0. The molecule has 0 atom stereocenters. The first-order chi connectivity index (χ1) is 10.8. The van der Waals surface area contributed by atoms with Crippen LogP contribution in [0.1, 0.15) is 24.5 Å². The molecule has 22 heavy (non-hydrogen) atoms. The van der Waals surface area contributed by atoms with Gasteiger partial charge in [-0.15, -0.1) is 0 Å². The van der Waals surface area contributed by atoms with Crippen molar-refractivity contribution in [1.82, 2.24) is 0 Å².